The first-order valence-corrected chi connectivity index (χ1v) is 6.95. The SMILES string of the molecule is Cc1ccc(Br)cc1C(=O)Nc1ccc(C#N)cc1Cl. The van der Waals surface area contributed by atoms with Crippen LogP contribution in [0.3, 0.4) is 0 Å². The number of halogens is 2. The molecule has 0 spiro atoms. The highest BCUT2D eigenvalue weighted by atomic mass is 79.9. The van der Waals surface area contributed by atoms with Crippen LogP contribution in [0.15, 0.2) is 40.9 Å². The molecule has 0 radical (unpaired) electrons. The molecule has 0 fully saturated rings. The number of benzene rings is 2. The first-order valence-electron chi connectivity index (χ1n) is 5.78. The summed E-state index contributed by atoms with van der Waals surface area (Å²) in [5.41, 5.74) is 2.37. The second-order valence-corrected chi connectivity index (χ2v) is 5.54. The van der Waals surface area contributed by atoms with E-state index in [0.717, 1.165) is 10.0 Å². The Bertz CT molecular complexity index is 722. The van der Waals surface area contributed by atoms with Gasteiger partial charge in [-0.05, 0) is 42.8 Å². The fourth-order valence-electron chi connectivity index (χ4n) is 1.71. The predicted molar refractivity (Wildman–Crippen MR) is 83.0 cm³/mol. The molecule has 100 valence electrons. The maximum atomic E-state index is 12.2. The van der Waals surface area contributed by atoms with Crippen LogP contribution in [0.1, 0.15) is 21.5 Å². The summed E-state index contributed by atoms with van der Waals surface area (Å²) in [4.78, 5) is 12.2. The lowest BCUT2D eigenvalue weighted by atomic mass is 10.1. The third-order valence-corrected chi connectivity index (χ3v) is 3.60. The van der Waals surface area contributed by atoms with Crippen LogP contribution in [0.4, 0.5) is 5.69 Å². The van der Waals surface area contributed by atoms with Gasteiger partial charge in [0.2, 0.25) is 0 Å². The fraction of sp³-hybridized carbons (Fsp3) is 0.0667. The molecule has 2 aromatic rings. The Morgan fingerprint density at radius 3 is 2.70 bits per heavy atom. The molecule has 2 rings (SSSR count). The average molecular weight is 350 g/mol. The number of anilines is 1. The lowest BCUT2D eigenvalue weighted by Gasteiger charge is -2.09. The summed E-state index contributed by atoms with van der Waals surface area (Å²) in [6.07, 6.45) is 0. The Kier molecular flexibility index (Phi) is 4.43. The predicted octanol–water partition coefficient (Wildman–Crippen LogP) is 4.53. The Morgan fingerprint density at radius 1 is 1.30 bits per heavy atom. The molecule has 0 aliphatic heterocycles. The highest BCUT2D eigenvalue weighted by Gasteiger charge is 2.11. The van der Waals surface area contributed by atoms with Gasteiger partial charge in [0.1, 0.15) is 0 Å². The molecule has 0 atom stereocenters. The zero-order valence-corrected chi connectivity index (χ0v) is 12.9. The van der Waals surface area contributed by atoms with Gasteiger partial charge in [-0.25, -0.2) is 0 Å². The molecule has 5 heteroatoms. The van der Waals surface area contributed by atoms with E-state index in [1.54, 1.807) is 18.2 Å². The molecule has 0 aliphatic carbocycles. The molecule has 1 N–H and O–H groups in total. The lowest BCUT2D eigenvalue weighted by Crippen LogP contribution is -2.13. The third-order valence-electron chi connectivity index (χ3n) is 2.79. The van der Waals surface area contributed by atoms with Crippen molar-refractivity contribution in [2.75, 3.05) is 5.32 Å². The van der Waals surface area contributed by atoms with Crippen molar-refractivity contribution in [3.05, 3.63) is 62.6 Å². The minimum Gasteiger partial charge on any atom is -0.321 e. The highest BCUT2D eigenvalue weighted by Crippen LogP contribution is 2.24. The molecule has 0 aromatic heterocycles. The van der Waals surface area contributed by atoms with Gasteiger partial charge in [0.25, 0.3) is 5.91 Å². The number of nitrogens with one attached hydrogen (secondary N) is 1. The van der Waals surface area contributed by atoms with Crippen molar-refractivity contribution in [1.82, 2.24) is 0 Å². The maximum absolute atomic E-state index is 12.2. The van der Waals surface area contributed by atoms with E-state index in [0.29, 0.717) is 21.8 Å². The highest BCUT2D eigenvalue weighted by molar-refractivity contribution is 9.10. The number of amides is 1. The Hall–Kier alpha value is -1.83. The van der Waals surface area contributed by atoms with Crippen LogP contribution >= 0.6 is 27.5 Å². The van der Waals surface area contributed by atoms with Crippen molar-refractivity contribution in [1.29, 1.82) is 5.26 Å². The Balaban J connectivity index is 2.28. The topological polar surface area (TPSA) is 52.9 Å². The number of nitrogens with zero attached hydrogens (tertiary/aromatic N) is 1. The molecule has 0 saturated heterocycles. The first-order chi connectivity index (χ1) is 9.51. The number of hydrogen-bond acceptors (Lipinski definition) is 2. The summed E-state index contributed by atoms with van der Waals surface area (Å²) in [5, 5.41) is 11.9. The quantitative estimate of drug-likeness (QED) is 0.865. The second-order valence-electron chi connectivity index (χ2n) is 4.22. The van der Waals surface area contributed by atoms with Gasteiger partial charge in [-0.3, -0.25) is 4.79 Å². The van der Waals surface area contributed by atoms with E-state index in [2.05, 4.69) is 21.2 Å². The molecular weight excluding hydrogens is 340 g/mol. The van der Waals surface area contributed by atoms with Crippen LogP contribution in [0, 0.1) is 18.3 Å². The van der Waals surface area contributed by atoms with Crippen molar-refractivity contribution in [2.24, 2.45) is 0 Å². The van der Waals surface area contributed by atoms with Crippen molar-refractivity contribution < 1.29 is 4.79 Å². The normalized spacial score (nSPS) is 9.90. The maximum Gasteiger partial charge on any atom is 0.256 e. The fourth-order valence-corrected chi connectivity index (χ4v) is 2.30. The van der Waals surface area contributed by atoms with Crippen molar-refractivity contribution in [3.8, 4) is 6.07 Å². The van der Waals surface area contributed by atoms with Crippen LogP contribution in [-0.2, 0) is 0 Å². The molecule has 2 aromatic carbocycles. The van der Waals surface area contributed by atoms with Crippen molar-refractivity contribution >= 4 is 39.1 Å². The van der Waals surface area contributed by atoms with E-state index in [1.165, 1.54) is 6.07 Å². The molecule has 0 aliphatic rings. The molecule has 0 saturated carbocycles. The van der Waals surface area contributed by atoms with Crippen LogP contribution in [0.2, 0.25) is 5.02 Å². The Morgan fingerprint density at radius 2 is 2.05 bits per heavy atom. The van der Waals surface area contributed by atoms with Gasteiger partial charge in [0.05, 0.1) is 22.3 Å². The molecule has 0 unspecified atom stereocenters. The number of carbonyl (C=O) groups is 1. The minimum absolute atomic E-state index is 0.240. The zero-order chi connectivity index (χ0) is 14.7. The van der Waals surface area contributed by atoms with Crippen LogP contribution in [-0.4, -0.2) is 5.91 Å². The monoisotopic (exact) mass is 348 g/mol. The van der Waals surface area contributed by atoms with Gasteiger partial charge in [0.15, 0.2) is 0 Å². The van der Waals surface area contributed by atoms with Crippen LogP contribution in [0.25, 0.3) is 0 Å². The van der Waals surface area contributed by atoms with Crippen molar-refractivity contribution in [2.45, 2.75) is 6.92 Å². The first kappa shape index (κ1) is 14.6. The zero-order valence-electron chi connectivity index (χ0n) is 10.6. The molecule has 0 heterocycles. The lowest BCUT2D eigenvalue weighted by molar-refractivity contribution is 0.102. The number of hydrogen-bond donors (Lipinski definition) is 1. The smallest absolute Gasteiger partial charge is 0.256 e. The Labute approximate surface area is 130 Å². The molecule has 1 amide bonds. The van der Waals surface area contributed by atoms with Gasteiger partial charge in [-0.15, -0.1) is 0 Å². The van der Waals surface area contributed by atoms with Crippen LogP contribution in [0.5, 0.6) is 0 Å². The van der Waals surface area contributed by atoms with Crippen molar-refractivity contribution in [3.63, 3.8) is 0 Å². The number of aryl methyl sites for hydroxylation is 1. The van der Waals surface area contributed by atoms with Crippen LogP contribution < -0.4 is 5.32 Å². The second kappa shape index (κ2) is 6.08. The number of nitriles is 1. The van der Waals surface area contributed by atoms with Gasteiger partial charge < -0.3 is 5.32 Å². The summed E-state index contributed by atoms with van der Waals surface area (Å²) < 4.78 is 0.833. The molecule has 0 bridgehead atoms. The summed E-state index contributed by atoms with van der Waals surface area (Å²) in [6.45, 7) is 1.86. The summed E-state index contributed by atoms with van der Waals surface area (Å²) in [7, 11) is 0. The van der Waals surface area contributed by atoms with Gasteiger partial charge in [0, 0.05) is 10.0 Å². The summed E-state index contributed by atoms with van der Waals surface area (Å²) >= 11 is 9.38. The third kappa shape index (κ3) is 3.19. The summed E-state index contributed by atoms with van der Waals surface area (Å²) in [6, 6.07) is 12.2. The van der Waals surface area contributed by atoms with E-state index in [9.17, 15) is 4.79 Å². The van der Waals surface area contributed by atoms with E-state index in [-0.39, 0.29) is 5.91 Å². The number of carbonyl (C=O) groups excluding carboxylic acids is 1. The summed E-state index contributed by atoms with van der Waals surface area (Å²) in [5.74, 6) is -0.240. The molecule has 3 nitrogen and oxygen atoms in total. The van der Waals surface area contributed by atoms with Gasteiger partial charge in [-0.2, -0.15) is 5.26 Å². The van der Waals surface area contributed by atoms with E-state index >= 15 is 0 Å². The average Bonchev–Trinajstić information content (AvgIpc) is 2.43. The largest absolute Gasteiger partial charge is 0.321 e. The van der Waals surface area contributed by atoms with Gasteiger partial charge in [-0.1, -0.05) is 33.6 Å². The molecule has 20 heavy (non-hydrogen) atoms. The van der Waals surface area contributed by atoms with E-state index in [4.69, 9.17) is 16.9 Å². The van der Waals surface area contributed by atoms with E-state index < -0.39 is 0 Å². The number of rotatable bonds is 2. The van der Waals surface area contributed by atoms with Gasteiger partial charge >= 0.3 is 0 Å². The van der Waals surface area contributed by atoms with E-state index in [1.807, 2.05) is 25.1 Å². The molecular formula is C15H10BrClN2O. The standard InChI is InChI=1S/C15H10BrClN2O/c1-9-2-4-11(16)7-12(9)15(20)19-14-5-3-10(8-18)6-13(14)17/h2-7H,1H3,(H,19,20). The minimum atomic E-state index is -0.240.